The maximum atomic E-state index is 9.55. The summed E-state index contributed by atoms with van der Waals surface area (Å²) in [5.74, 6) is 0.450. The molecular formula is C14H23ClO. The van der Waals surface area contributed by atoms with Crippen LogP contribution in [0.2, 0.25) is 0 Å². The van der Waals surface area contributed by atoms with Crippen molar-refractivity contribution >= 4 is 12.4 Å². The Kier molecular flexibility index (Phi) is 9.12. The van der Waals surface area contributed by atoms with Crippen molar-refractivity contribution in [2.24, 2.45) is 0 Å². The van der Waals surface area contributed by atoms with Gasteiger partial charge in [-0.05, 0) is 24.5 Å². The third kappa shape index (κ3) is 6.02. The number of hydrogen-bond donors (Lipinski definition) is 1. The first kappa shape index (κ1) is 15.3. The summed E-state index contributed by atoms with van der Waals surface area (Å²) in [5.41, 5.74) is 1.09. The van der Waals surface area contributed by atoms with Gasteiger partial charge in [-0.3, -0.25) is 0 Å². The van der Waals surface area contributed by atoms with Gasteiger partial charge in [-0.15, -0.1) is 12.4 Å². The van der Waals surface area contributed by atoms with E-state index in [-0.39, 0.29) is 12.4 Å². The van der Waals surface area contributed by atoms with Gasteiger partial charge in [0.25, 0.3) is 0 Å². The maximum Gasteiger partial charge on any atom is 0.118 e. The summed E-state index contributed by atoms with van der Waals surface area (Å²) in [4.78, 5) is 0. The van der Waals surface area contributed by atoms with Crippen LogP contribution in [0.25, 0.3) is 0 Å². The fourth-order valence-electron chi connectivity index (χ4n) is 1.82. The zero-order valence-electron chi connectivity index (χ0n) is 10.1. The molecule has 1 N–H and O–H groups in total. The van der Waals surface area contributed by atoms with Crippen molar-refractivity contribution in [1.82, 2.24) is 0 Å². The van der Waals surface area contributed by atoms with E-state index in [0.29, 0.717) is 5.75 Å². The third-order valence-electron chi connectivity index (χ3n) is 2.79. The van der Waals surface area contributed by atoms with Crippen LogP contribution in [0.15, 0.2) is 24.3 Å². The first-order valence-electron chi connectivity index (χ1n) is 6.11. The third-order valence-corrected chi connectivity index (χ3v) is 2.79. The van der Waals surface area contributed by atoms with E-state index >= 15 is 0 Å². The van der Waals surface area contributed by atoms with E-state index in [4.69, 9.17) is 0 Å². The molecule has 0 aliphatic carbocycles. The highest BCUT2D eigenvalue weighted by Crippen LogP contribution is 2.18. The number of benzene rings is 1. The first-order valence-corrected chi connectivity index (χ1v) is 6.11. The van der Waals surface area contributed by atoms with Gasteiger partial charge in [-0.1, -0.05) is 57.2 Å². The Balaban J connectivity index is 0.00000225. The first-order chi connectivity index (χ1) is 7.34. The number of aromatic hydroxyl groups is 1. The Hall–Kier alpha value is -0.690. The van der Waals surface area contributed by atoms with Crippen molar-refractivity contribution in [2.45, 2.75) is 51.9 Å². The highest BCUT2D eigenvalue weighted by molar-refractivity contribution is 5.85. The Morgan fingerprint density at radius 1 is 0.938 bits per heavy atom. The number of phenols is 1. The standard InChI is InChI=1S/C14H22O.ClH/c1-2-3-4-5-6-7-10-13-11-8-9-12-14(13)15;/h8-9,11-12,15H,2-7,10H2,1H3;1H. The van der Waals surface area contributed by atoms with Crippen molar-refractivity contribution < 1.29 is 5.11 Å². The summed E-state index contributed by atoms with van der Waals surface area (Å²) in [6, 6.07) is 7.65. The van der Waals surface area contributed by atoms with E-state index in [1.165, 1.54) is 38.5 Å². The van der Waals surface area contributed by atoms with Crippen LogP contribution in [0, 0.1) is 0 Å². The van der Waals surface area contributed by atoms with E-state index in [0.717, 1.165) is 12.0 Å². The van der Waals surface area contributed by atoms with E-state index in [1.54, 1.807) is 6.07 Å². The van der Waals surface area contributed by atoms with Gasteiger partial charge >= 0.3 is 0 Å². The average molecular weight is 243 g/mol. The molecule has 1 aromatic carbocycles. The number of para-hydroxylation sites is 1. The minimum absolute atomic E-state index is 0. The SMILES string of the molecule is CCCCCCCCc1ccccc1O.Cl. The molecule has 1 aromatic rings. The lowest BCUT2D eigenvalue weighted by Crippen LogP contribution is -1.86. The largest absolute Gasteiger partial charge is 0.508 e. The van der Waals surface area contributed by atoms with Gasteiger partial charge in [0.15, 0.2) is 0 Å². The molecule has 0 aromatic heterocycles. The smallest absolute Gasteiger partial charge is 0.118 e. The molecule has 0 saturated carbocycles. The van der Waals surface area contributed by atoms with Crippen LogP contribution in [-0.2, 0) is 6.42 Å². The van der Waals surface area contributed by atoms with Crippen molar-refractivity contribution in [1.29, 1.82) is 0 Å². The van der Waals surface area contributed by atoms with Crippen LogP contribution in [0.5, 0.6) is 5.75 Å². The molecule has 2 heteroatoms. The maximum absolute atomic E-state index is 9.55. The molecule has 0 spiro atoms. The molecule has 0 heterocycles. The molecule has 16 heavy (non-hydrogen) atoms. The number of hydrogen-bond acceptors (Lipinski definition) is 1. The zero-order valence-corrected chi connectivity index (χ0v) is 10.9. The number of aryl methyl sites for hydroxylation is 1. The summed E-state index contributed by atoms with van der Waals surface area (Å²) in [6.07, 6.45) is 8.85. The Bertz CT molecular complexity index is 273. The predicted octanol–water partition coefficient (Wildman–Crippen LogP) is 4.72. The summed E-state index contributed by atoms with van der Waals surface area (Å²) in [5, 5.41) is 9.55. The lowest BCUT2D eigenvalue weighted by Gasteiger charge is -2.03. The highest BCUT2D eigenvalue weighted by atomic mass is 35.5. The molecule has 0 aliphatic heterocycles. The second-order valence-corrected chi connectivity index (χ2v) is 4.15. The molecule has 0 radical (unpaired) electrons. The van der Waals surface area contributed by atoms with E-state index in [9.17, 15) is 5.11 Å². The lowest BCUT2D eigenvalue weighted by molar-refractivity contribution is 0.466. The number of rotatable bonds is 7. The molecule has 0 amide bonds. The normalized spacial score (nSPS) is 9.81. The Labute approximate surface area is 105 Å². The Morgan fingerprint density at radius 3 is 2.25 bits per heavy atom. The second-order valence-electron chi connectivity index (χ2n) is 4.15. The minimum Gasteiger partial charge on any atom is -0.508 e. The van der Waals surface area contributed by atoms with Gasteiger partial charge in [0.2, 0.25) is 0 Å². The molecule has 0 bridgehead atoms. The van der Waals surface area contributed by atoms with Crippen molar-refractivity contribution in [3.8, 4) is 5.75 Å². The molecule has 92 valence electrons. The monoisotopic (exact) mass is 242 g/mol. The molecule has 1 rings (SSSR count). The number of halogens is 1. The molecule has 0 unspecified atom stereocenters. The van der Waals surface area contributed by atoms with Crippen LogP contribution in [0.3, 0.4) is 0 Å². The highest BCUT2D eigenvalue weighted by Gasteiger charge is 1.98. The van der Waals surface area contributed by atoms with Gasteiger partial charge in [-0.25, -0.2) is 0 Å². The minimum atomic E-state index is 0. The molecule has 1 nitrogen and oxygen atoms in total. The van der Waals surface area contributed by atoms with E-state index < -0.39 is 0 Å². The van der Waals surface area contributed by atoms with Crippen LogP contribution in [-0.4, -0.2) is 5.11 Å². The van der Waals surface area contributed by atoms with E-state index in [1.807, 2.05) is 18.2 Å². The quantitative estimate of drug-likeness (QED) is 0.686. The average Bonchev–Trinajstić information content (AvgIpc) is 2.25. The molecular weight excluding hydrogens is 220 g/mol. The van der Waals surface area contributed by atoms with E-state index in [2.05, 4.69) is 6.92 Å². The summed E-state index contributed by atoms with van der Waals surface area (Å²) >= 11 is 0. The van der Waals surface area contributed by atoms with Crippen LogP contribution in [0.4, 0.5) is 0 Å². The van der Waals surface area contributed by atoms with Gasteiger partial charge in [-0.2, -0.15) is 0 Å². The summed E-state index contributed by atoms with van der Waals surface area (Å²) in [6.45, 7) is 2.24. The molecule has 0 saturated heterocycles. The van der Waals surface area contributed by atoms with Crippen molar-refractivity contribution in [3.63, 3.8) is 0 Å². The lowest BCUT2D eigenvalue weighted by atomic mass is 10.0. The molecule has 0 fully saturated rings. The summed E-state index contributed by atoms with van der Waals surface area (Å²) in [7, 11) is 0. The molecule has 0 aliphatic rings. The predicted molar refractivity (Wildman–Crippen MR) is 72.4 cm³/mol. The molecule has 0 atom stereocenters. The summed E-state index contributed by atoms with van der Waals surface area (Å²) < 4.78 is 0. The van der Waals surface area contributed by atoms with Gasteiger partial charge in [0.05, 0.1) is 0 Å². The second kappa shape index (κ2) is 9.53. The Morgan fingerprint density at radius 2 is 1.56 bits per heavy atom. The van der Waals surface area contributed by atoms with Gasteiger partial charge in [0.1, 0.15) is 5.75 Å². The number of unbranched alkanes of at least 4 members (excludes halogenated alkanes) is 5. The zero-order chi connectivity index (χ0) is 10.9. The topological polar surface area (TPSA) is 20.2 Å². The van der Waals surface area contributed by atoms with Crippen LogP contribution < -0.4 is 0 Å². The van der Waals surface area contributed by atoms with Crippen LogP contribution >= 0.6 is 12.4 Å². The van der Waals surface area contributed by atoms with Gasteiger partial charge in [0, 0.05) is 0 Å². The number of phenolic OH excluding ortho intramolecular Hbond substituents is 1. The van der Waals surface area contributed by atoms with Gasteiger partial charge < -0.3 is 5.11 Å². The fourth-order valence-corrected chi connectivity index (χ4v) is 1.82. The van der Waals surface area contributed by atoms with Crippen molar-refractivity contribution in [3.05, 3.63) is 29.8 Å². The van der Waals surface area contributed by atoms with Crippen LogP contribution in [0.1, 0.15) is 51.0 Å². The van der Waals surface area contributed by atoms with Crippen molar-refractivity contribution in [2.75, 3.05) is 0 Å². The fraction of sp³-hybridized carbons (Fsp3) is 0.571.